The minimum Gasteiger partial charge on any atom is -0.352 e. The summed E-state index contributed by atoms with van der Waals surface area (Å²) in [6, 6.07) is 23.1. The van der Waals surface area contributed by atoms with E-state index in [0.717, 1.165) is 38.1 Å². The topological polar surface area (TPSA) is 86.8 Å². The maximum absolute atomic E-state index is 14.1. The van der Waals surface area contributed by atoms with Crippen LogP contribution in [0.1, 0.15) is 37.0 Å². The zero-order valence-electron chi connectivity index (χ0n) is 22.8. The summed E-state index contributed by atoms with van der Waals surface area (Å²) in [5.74, 6) is -0.743. The van der Waals surface area contributed by atoms with Crippen molar-refractivity contribution in [2.75, 3.05) is 17.1 Å². The molecular weight excluding hydrogens is 578 g/mol. The minimum atomic E-state index is -3.81. The molecule has 7 nitrogen and oxygen atoms in total. The van der Waals surface area contributed by atoms with E-state index in [0.29, 0.717) is 5.69 Å². The lowest BCUT2D eigenvalue weighted by Gasteiger charge is -2.34. The molecule has 0 fully saturated rings. The third-order valence-corrected chi connectivity index (χ3v) is 8.61. The first-order valence-electron chi connectivity index (χ1n) is 12.9. The third-order valence-electron chi connectivity index (χ3n) is 6.58. The van der Waals surface area contributed by atoms with Crippen LogP contribution in [0.4, 0.5) is 5.69 Å². The van der Waals surface area contributed by atoms with Gasteiger partial charge in [0.05, 0.1) is 11.9 Å². The summed E-state index contributed by atoms with van der Waals surface area (Å²) in [5.41, 5.74) is 2.96. The Balaban J connectivity index is 2.05. The number of carbonyl (C=O) groups is 2. The van der Waals surface area contributed by atoms with Gasteiger partial charge in [0.25, 0.3) is 0 Å². The molecule has 9 heteroatoms. The van der Waals surface area contributed by atoms with Crippen molar-refractivity contribution in [2.45, 2.75) is 52.2 Å². The van der Waals surface area contributed by atoms with Crippen LogP contribution in [0.2, 0.25) is 0 Å². The second-order valence-corrected chi connectivity index (χ2v) is 12.5. The molecule has 0 heterocycles. The van der Waals surface area contributed by atoms with Gasteiger partial charge in [0.2, 0.25) is 21.8 Å². The van der Waals surface area contributed by atoms with E-state index in [1.165, 1.54) is 4.90 Å². The summed E-state index contributed by atoms with van der Waals surface area (Å²) in [6.45, 7) is 5.47. The average molecular weight is 615 g/mol. The molecule has 39 heavy (non-hydrogen) atoms. The van der Waals surface area contributed by atoms with Crippen molar-refractivity contribution in [3.63, 3.8) is 0 Å². The summed E-state index contributed by atoms with van der Waals surface area (Å²) >= 11 is 3.44. The molecule has 1 N–H and O–H groups in total. The number of rotatable bonds is 12. The maximum atomic E-state index is 14.1. The van der Waals surface area contributed by atoms with Gasteiger partial charge in [-0.2, -0.15) is 0 Å². The highest BCUT2D eigenvalue weighted by Crippen LogP contribution is 2.25. The van der Waals surface area contributed by atoms with Crippen LogP contribution in [-0.2, 0) is 32.6 Å². The summed E-state index contributed by atoms with van der Waals surface area (Å²) in [6.07, 6.45) is 2.11. The van der Waals surface area contributed by atoms with E-state index in [1.807, 2.05) is 81.4 Å². The molecule has 0 aliphatic heterocycles. The zero-order chi connectivity index (χ0) is 28.6. The van der Waals surface area contributed by atoms with Gasteiger partial charge in [-0.3, -0.25) is 13.9 Å². The Kier molecular flexibility index (Phi) is 10.7. The standard InChI is InChI=1S/C30H36BrN3O4S/c1-5-23(3)32-30(36)28(19-24-12-8-6-9-13-24)33(20-25-14-10-7-11-15-25)29(35)21-34(39(4,37)38)26-16-17-27(31)22(2)18-26/h6-18,23,28H,5,19-21H2,1-4H3,(H,32,36)/t23-,28+/m0/s1. The van der Waals surface area contributed by atoms with Crippen molar-refractivity contribution in [2.24, 2.45) is 0 Å². The average Bonchev–Trinajstić information content (AvgIpc) is 2.91. The third kappa shape index (κ3) is 8.66. The highest BCUT2D eigenvalue weighted by atomic mass is 79.9. The van der Waals surface area contributed by atoms with Crippen molar-refractivity contribution in [1.29, 1.82) is 0 Å². The van der Waals surface area contributed by atoms with E-state index in [9.17, 15) is 18.0 Å². The second-order valence-electron chi connectivity index (χ2n) is 9.73. The van der Waals surface area contributed by atoms with Crippen LogP contribution in [0.5, 0.6) is 0 Å². The number of amides is 2. The van der Waals surface area contributed by atoms with E-state index in [-0.39, 0.29) is 24.9 Å². The smallest absolute Gasteiger partial charge is 0.244 e. The molecule has 0 bridgehead atoms. The van der Waals surface area contributed by atoms with Gasteiger partial charge in [0, 0.05) is 23.5 Å². The predicted molar refractivity (Wildman–Crippen MR) is 160 cm³/mol. The molecule has 0 radical (unpaired) electrons. The fourth-order valence-corrected chi connectivity index (χ4v) is 5.26. The number of nitrogens with zero attached hydrogens (tertiary/aromatic N) is 2. The number of hydrogen-bond donors (Lipinski definition) is 1. The van der Waals surface area contributed by atoms with Gasteiger partial charge in [-0.25, -0.2) is 8.42 Å². The number of carbonyl (C=O) groups excluding carboxylic acids is 2. The van der Waals surface area contributed by atoms with Crippen LogP contribution in [0.15, 0.2) is 83.3 Å². The van der Waals surface area contributed by atoms with Crippen LogP contribution in [0, 0.1) is 6.92 Å². The van der Waals surface area contributed by atoms with Gasteiger partial charge in [0.1, 0.15) is 12.6 Å². The Morgan fingerprint density at radius 3 is 2.08 bits per heavy atom. The summed E-state index contributed by atoms with van der Waals surface area (Å²) in [5, 5.41) is 3.03. The lowest BCUT2D eigenvalue weighted by Crippen LogP contribution is -2.54. The van der Waals surface area contributed by atoms with Crippen molar-refractivity contribution in [3.8, 4) is 0 Å². The highest BCUT2D eigenvalue weighted by Gasteiger charge is 2.33. The van der Waals surface area contributed by atoms with Gasteiger partial charge in [-0.15, -0.1) is 0 Å². The number of anilines is 1. The highest BCUT2D eigenvalue weighted by molar-refractivity contribution is 9.10. The fourth-order valence-electron chi connectivity index (χ4n) is 4.17. The molecule has 2 atom stereocenters. The predicted octanol–water partition coefficient (Wildman–Crippen LogP) is 5.08. The molecule has 3 rings (SSSR count). The normalized spacial score (nSPS) is 12.8. The first-order chi connectivity index (χ1) is 18.5. The molecule has 0 spiro atoms. The molecule has 0 aliphatic carbocycles. The molecule has 0 unspecified atom stereocenters. The molecule has 2 amide bonds. The van der Waals surface area contributed by atoms with Crippen molar-refractivity contribution < 1.29 is 18.0 Å². The van der Waals surface area contributed by atoms with Crippen LogP contribution in [0.3, 0.4) is 0 Å². The minimum absolute atomic E-state index is 0.0808. The first kappa shape index (κ1) is 30.4. The lowest BCUT2D eigenvalue weighted by atomic mass is 10.0. The Morgan fingerprint density at radius 2 is 1.54 bits per heavy atom. The maximum Gasteiger partial charge on any atom is 0.244 e. The second kappa shape index (κ2) is 13.8. The van der Waals surface area contributed by atoms with Gasteiger partial charge in [-0.1, -0.05) is 83.5 Å². The van der Waals surface area contributed by atoms with Gasteiger partial charge in [0.15, 0.2) is 0 Å². The molecular formula is C30H36BrN3O4S. The largest absolute Gasteiger partial charge is 0.352 e. The van der Waals surface area contributed by atoms with Crippen LogP contribution >= 0.6 is 15.9 Å². The number of aryl methyl sites for hydroxylation is 1. The molecule has 0 aromatic heterocycles. The quantitative estimate of drug-likeness (QED) is 0.309. The summed E-state index contributed by atoms with van der Waals surface area (Å²) < 4.78 is 27.7. The summed E-state index contributed by atoms with van der Waals surface area (Å²) in [4.78, 5) is 29.2. The molecule has 0 saturated heterocycles. The van der Waals surface area contributed by atoms with E-state index in [4.69, 9.17) is 0 Å². The number of nitrogens with one attached hydrogen (secondary N) is 1. The molecule has 208 valence electrons. The van der Waals surface area contributed by atoms with E-state index >= 15 is 0 Å². The van der Waals surface area contributed by atoms with E-state index in [2.05, 4.69) is 21.2 Å². The number of hydrogen-bond acceptors (Lipinski definition) is 4. The number of sulfonamides is 1. The Bertz CT molecular complexity index is 1370. The summed E-state index contributed by atoms with van der Waals surface area (Å²) in [7, 11) is -3.81. The van der Waals surface area contributed by atoms with Crippen molar-refractivity contribution in [3.05, 3.63) is 100 Å². The van der Waals surface area contributed by atoms with Gasteiger partial charge in [-0.05, 0) is 55.2 Å². The fraction of sp³-hybridized carbons (Fsp3) is 0.333. The molecule has 0 saturated carbocycles. The van der Waals surface area contributed by atoms with E-state index in [1.54, 1.807) is 18.2 Å². The lowest BCUT2D eigenvalue weighted by molar-refractivity contribution is -0.140. The SMILES string of the molecule is CC[C@H](C)NC(=O)[C@@H](Cc1ccccc1)N(Cc1ccccc1)C(=O)CN(c1ccc(Br)c(C)c1)S(C)(=O)=O. The number of benzene rings is 3. The van der Waals surface area contributed by atoms with Gasteiger partial charge >= 0.3 is 0 Å². The zero-order valence-corrected chi connectivity index (χ0v) is 25.2. The molecule has 3 aromatic carbocycles. The monoisotopic (exact) mass is 613 g/mol. The van der Waals surface area contributed by atoms with Crippen molar-refractivity contribution >= 4 is 43.5 Å². The van der Waals surface area contributed by atoms with Crippen LogP contribution in [-0.4, -0.2) is 50.0 Å². The molecule has 3 aromatic rings. The Labute approximate surface area is 240 Å². The van der Waals surface area contributed by atoms with Gasteiger partial charge < -0.3 is 10.2 Å². The Hall–Kier alpha value is -3.17. The Morgan fingerprint density at radius 1 is 0.949 bits per heavy atom. The number of halogens is 1. The van der Waals surface area contributed by atoms with Crippen LogP contribution in [0.25, 0.3) is 0 Å². The first-order valence-corrected chi connectivity index (χ1v) is 15.5. The van der Waals surface area contributed by atoms with E-state index < -0.39 is 28.5 Å². The van der Waals surface area contributed by atoms with Crippen molar-refractivity contribution in [1.82, 2.24) is 10.2 Å². The van der Waals surface area contributed by atoms with Crippen LogP contribution < -0.4 is 9.62 Å². The molecule has 0 aliphatic rings.